The maximum Gasteiger partial charge on any atom is 0.335 e. The van der Waals surface area contributed by atoms with Crippen molar-refractivity contribution in [1.82, 2.24) is 0 Å². The van der Waals surface area contributed by atoms with Crippen molar-refractivity contribution in [2.24, 2.45) is 0 Å². The Balaban J connectivity index is 3.20. The molecule has 86 valence electrons. The molecule has 0 saturated carbocycles. The first kappa shape index (κ1) is 12.3. The van der Waals surface area contributed by atoms with Crippen LogP contribution in [-0.2, 0) is 4.79 Å². The van der Waals surface area contributed by atoms with Gasteiger partial charge in [0.25, 0.3) is 0 Å². The summed E-state index contributed by atoms with van der Waals surface area (Å²) < 4.78 is 5.44. The molecule has 16 heavy (non-hydrogen) atoms. The van der Waals surface area contributed by atoms with Crippen LogP contribution in [0.1, 0.15) is 23.6 Å². The molecular weight excluding hydrogens is 204 g/mol. The third-order valence-electron chi connectivity index (χ3n) is 2.41. The predicted molar refractivity (Wildman–Crippen MR) is 63.8 cm³/mol. The van der Waals surface area contributed by atoms with E-state index in [1.54, 1.807) is 6.07 Å². The molecule has 1 aromatic carbocycles. The number of carboxylic acid groups (broad SMARTS) is 1. The fourth-order valence-electron chi connectivity index (χ4n) is 1.54. The summed E-state index contributed by atoms with van der Waals surface area (Å²) in [5.41, 5.74) is 2.56. The summed E-state index contributed by atoms with van der Waals surface area (Å²) >= 11 is 0. The zero-order valence-corrected chi connectivity index (χ0v) is 9.83. The normalized spacial score (nSPS) is 9.94. The largest absolute Gasteiger partial charge is 0.494 e. The highest BCUT2D eigenvalue weighted by Crippen LogP contribution is 2.26. The van der Waals surface area contributed by atoms with E-state index in [2.05, 4.69) is 6.58 Å². The lowest BCUT2D eigenvalue weighted by atomic mass is 9.99. The van der Waals surface area contributed by atoms with Crippen LogP contribution < -0.4 is 4.74 Å². The van der Waals surface area contributed by atoms with E-state index < -0.39 is 5.97 Å². The highest BCUT2D eigenvalue weighted by atomic mass is 16.5. The number of aliphatic carboxylic acids is 1. The number of carboxylic acids is 1. The Labute approximate surface area is 95.4 Å². The Morgan fingerprint density at radius 1 is 1.38 bits per heavy atom. The first-order valence-electron chi connectivity index (χ1n) is 5.14. The standard InChI is InChI=1S/C13H16O3/c1-5-16-12-7-8(2)11(6-9(12)3)10(4)13(14)15/h6-7H,4-5H2,1-3H3,(H,14,15). The van der Waals surface area contributed by atoms with E-state index in [1.165, 1.54) is 0 Å². The lowest BCUT2D eigenvalue weighted by Crippen LogP contribution is -2.02. The molecule has 0 bridgehead atoms. The summed E-state index contributed by atoms with van der Waals surface area (Å²) in [5, 5.41) is 8.89. The molecule has 0 aliphatic heterocycles. The van der Waals surface area contributed by atoms with Crippen molar-refractivity contribution in [1.29, 1.82) is 0 Å². The molecule has 3 nitrogen and oxygen atoms in total. The van der Waals surface area contributed by atoms with Crippen LogP contribution >= 0.6 is 0 Å². The number of aryl methyl sites for hydroxylation is 2. The van der Waals surface area contributed by atoms with Crippen molar-refractivity contribution in [3.8, 4) is 5.75 Å². The van der Waals surface area contributed by atoms with Gasteiger partial charge in [0.15, 0.2) is 0 Å². The predicted octanol–water partition coefficient (Wildman–Crippen LogP) is 2.80. The van der Waals surface area contributed by atoms with Crippen LogP contribution in [0.4, 0.5) is 0 Å². The summed E-state index contributed by atoms with van der Waals surface area (Å²) in [4.78, 5) is 10.8. The number of benzene rings is 1. The Morgan fingerprint density at radius 3 is 2.50 bits per heavy atom. The number of rotatable bonds is 4. The van der Waals surface area contributed by atoms with Gasteiger partial charge in [-0.2, -0.15) is 0 Å². The molecule has 0 aliphatic carbocycles. The molecule has 0 aliphatic rings. The molecule has 0 amide bonds. The fraction of sp³-hybridized carbons (Fsp3) is 0.308. The molecule has 0 unspecified atom stereocenters. The van der Waals surface area contributed by atoms with E-state index in [9.17, 15) is 4.79 Å². The monoisotopic (exact) mass is 220 g/mol. The highest BCUT2D eigenvalue weighted by Gasteiger charge is 2.12. The summed E-state index contributed by atoms with van der Waals surface area (Å²) in [6.07, 6.45) is 0. The van der Waals surface area contributed by atoms with Gasteiger partial charge in [0, 0.05) is 0 Å². The second-order valence-electron chi connectivity index (χ2n) is 3.65. The van der Waals surface area contributed by atoms with Crippen molar-refractivity contribution in [3.63, 3.8) is 0 Å². The van der Waals surface area contributed by atoms with Crippen molar-refractivity contribution < 1.29 is 14.6 Å². The van der Waals surface area contributed by atoms with Crippen LogP contribution in [0.2, 0.25) is 0 Å². The fourth-order valence-corrected chi connectivity index (χ4v) is 1.54. The Hall–Kier alpha value is -1.77. The number of carbonyl (C=O) groups is 1. The molecule has 0 aromatic heterocycles. The van der Waals surface area contributed by atoms with Crippen LogP contribution in [0.15, 0.2) is 18.7 Å². The van der Waals surface area contributed by atoms with Crippen molar-refractivity contribution in [2.45, 2.75) is 20.8 Å². The summed E-state index contributed by atoms with van der Waals surface area (Å²) in [5.74, 6) is -0.200. The zero-order chi connectivity index (χ0) is 12.3. The van der Waals surface area contributed by atoms with Gasteiger partial charge in [0.05, 0.1) is 12.2 Å². The minimum absolute atomic E-state index is 0.114. The van der Waals surface area contributed by atoms with Gasteiger partial charge >= 0.3 is 5.97 Å². The van der Waals surface area contributed by atoms with E-state index in [0.717, 1.165) is 16.9 Å². The third kappa shape index (κ3) is 2.42. The first-order chi connectivity index (χ1) is 7.47. The molecule has 1 aromatic rings. The van der Waals surface area contributed by atoms with Gasteiger partial charge in [0.1, 0.15) is 5.75 Å². The first-order valence-corrected chi connectivity index (χ1v) is 5.14. The molecule has 1 N–H and O–H groups in total. The van der Waals surface area contributed by atoms with E-state index in [4.69, 9.17) is 9.84 Å². The average molecular weight is 220 g/mol. The minimum atomic E-state index is -0.994. The van der Waals surface area contributed by atoms with Gasteiger partial charge in [-0.3, -0.25) is 0 Å². The van der Waals surface area contributed by atoms with Crippen molar-refractivity contribution in [3.05, 3.63) is 35.4 Å². The van der Waals surface area contributed by atoms with Gasteiger partial charge < -0.3 is 9.84 Å². The molecule has 0 radical (unpaired) electrons. The van der Waals surface area contributed by atoms with Crippen LogP contribution in [0, 0.1) is 13.8 Å². The van der Waals surface area contributed by atoms with E-state index >= 15 is 0 Å². The maximum atomic E-state index is 10.8. The zero-order valence-electron chi connectivity index (χ0n) is 9.83. The minimum Gasteiger partial charge on any atom is -0.494 e. The average Bonchev–Trinajstić information content (AvgIpc) is 2.22. The summed E-state index contributed by atoms with van der Waals surface area (Å²) in [7, 11) is 0. The van der Waals surface area contributed by atoms with E-state index in [-0.39, 0.29) is 5.57 Å². The molecule has 0 atom stereocenters. The Kier molecular flexibility index (Phi) is 3.72. The smallest absolute Gasteiger partial charge is 0.335 e. The molecule has 0 heterocycles. The molecular formula is C13H16O3. The lowest BCUT2D eigenvalue weighted by molar-refractivity contribution is -0.130. The van der Waals surface area contributed by atoms with Crippen LogP contribution in [-0.4, -0.2) is 17.7 Å². The van der Waals surface area contributed by atoms with Crippen LogP contribution in [0.5, 0.6) is 5.75 Å². The quantitative estimate of drug-likeness (QED) is 0.793. The van der Waals surface area contributed by atoms with Gasteiger partial charge in [-0.05, 0) is 49.6 Å². The number of ether oxygens (including phenoxy) is 1. The SMILES string of the molecule is C=C(C(=O)O)c1cc(C)c(OCC)cc1C. The van der Waals surface area contributed by atoms with Gasteiger partial charge in [-0.25, -0.2) is 4.79 Å². The molecule has 1 rings (SSSR count). The van der Waals surface area contributed by atoms with Crippen molar-refractivity contribution in [2.75, 3.05) is 6.61 Å². The molecule has 0 saturated heterocycles. The number of hydrogen-bond donors (Lipinski definition) is 1. The van der Waals surface area contributed by atoms with E-state index in [0.29, 0.717) is 12.2 Å². The topological polar surface area (TPSA) is 46.5 Å². The maximum absolute atomic E-state index is 10.8. The lowest BCUT2D eigenvalue weighted by Gasteiger charge is -2.12. The van der Waals surface area contributed by atoms with E-state index in [1.807, 2.05) is 26.8 Å². The molecule has 0 spiro atoms. The summed E-state index contributed by atoms with van der Waals surface area (Å²) in [6.45, 7) is 9.82. The Morgan fingerprint density at radius 2 is 2.00 bits per heavy atom. The highest BCUT2D eigenvalue weighted by molar-refractivity contribution is 6.15. The van der Waals surface area contributed by atoms with Gasteiger partial charge in [-0.1, -0.05) is 6.58 Å². The van der Waals surface area contributed by atoms with Crippen LogP contribution in [0.3, 0.4) is 0 Å². The Bertz CT molecular complexity index is 433. The number of hydrogen-bond acceptors (Lipinski definition) is 2. The second-order valence-corrected chi connectivity index (χ2v) is 3.65. The van der Waals surface area contributed by atoms with Gasteiger partial charge in [0.2, 0.25) is 0 Å². The molecule has 3 heteroatoms. The third-order valence-corrected chi connectivity index (χ3v) is 2.41. The second kappa shape index (κ2) is 4.84. The van der Waals surface area contributed by atoms with Crippen molar-refractivity contribution >= 4 is 11.5 Å². The van der Waals surface area contributed by atoms with Gasteiger partial charge in [-0.15, -0.1) is 0 Å². The van der Waals surface area contributed by atoms with Crippen LogP contribution in [0.25, 0.3) is 5.57 Å². The molecule has 0 fully saturated rings. The summed E-state index contributed by atoms with van der Waals surface area (Å²) in [6, 6.07) is 3.65.